The van der Waals surface area contributed by atoms with Gasteiger partial charge < -0.3 is 4.74 Å². The third-order valence-corrected chi connectivity index (χ3v) is 4.78. The first-order chi connectivity index (χ1) is 13.4. The van der Waals surface area contributed by atoms with E-state index in [1.54, 1.807) is 20.8 Å². The summed E-state index contributed by atoms with van der Waals surface area (Å²) in [6.45, 7) is 4.71. The molecule has 0 unspecified atom stereocenters. The minimum absolute atomic E-state index is 0.00788. The molecular formula is C16H16Cl2F2N4O4S. The first kappa shape index (κ1) is 23.2. The number of nitrogens with zero attached hydrogens (tertiary/aromatic N) is 3. The second-order valence-corrected chi connectivity index (χ2v) is 8.22. The molecule has 0 atom stereocenters. The fourth-order valence-corrected chi connectivity index (χ4v) is 3.26. The van der Waals surface area contributed by atoms with E-state index in [-0.39, 0.29) is 32.4 Å². The number of hydrogen-bond donors (Lipinski definition) is 1. The molecule has 0 aromatic carbocycles. The zero-order valence-electron chi connectivity index (χ0n) is 15.7. The zero-order valence-corrected chi connectivity index (χ0v) is 18.0. The number of ether oxygens (including phenoxy) is 1. The van der Waals surface area contributed by atoms with Crippen LogP contribution in [-0.2, 0) is 16.1 Å². The molecule has 0 bridgehead atoms. The molecule has 0 aliphatic carbocycles. The Kier molecular flexibility index (Phi) is 7.33. The van der Waals surface area contributed by atoms with Gasteiger partial charge in [-0.05, 0) is 26.8 Å². The molecule has 0 aliphatic heterocycles. The van der Waals surface area contributed by atoms with Crippen LogP contribution in [0, 0.1) is 11.8 Å². The van der Waals surface area contributed by atoms with Crippen molar-refractivity contribution in [2.45, 2.75) is 32.9 Å². The number of rotatable bonds is 5. The van der Waals surface area contributed by atoms with E-state index in [2.05, 4.69) is 15.3 Å². The monoisotopic (exact) mass is 468 g/mol. The normalized spacial score (nSPS) is 11.3. The Balaban J connectivity index is 2.19. The van der Waals surface area contributed by atoms with Gasteiger partial charge in [-0.15, -0.1) is 0 Å². The van der Waals surface area contributed by atoms with Gasteiger partial charge in [-0.25, -0.2) is 24.2 Å². The molecule has 0 saturated heterocycles. The molecule has 8 nitrogen and oxygen atoms in total. The van der Waals surface area contributed by atoms with Gasteiger partial charge in [0.15, 0.2) is 16.1 Å². The summed E-state index contributed by atoms with van der Waals surface area (Å²) >= 11 is 12.6. The van der Waals surface area contributed by atoms with Gasteiger partial charge in [-0.1, -0.05) is 34.5 Å². The summed E-state index contributed by atoms with van der Waals surface area (Å²) in [5.74, 6) is -3.34. The third-order valence-electron chi connectivity index (χ3n) is 3.11. The summed E-state index contributed by atoms with van der Waals surface area (Å²) in [5.41, 5.74) is -0.720. The molecule has 2 aromatic rings. The SMILES string of the molecule is CON(Cc1cc(F)c(F)nc1Cl)C(=O)c1sc(NC(=O)OC(C)(C)C)nc1Cl. The Morgan fingerprint density at radius 1 is 1.24 bits per heavy atom. The van der Waals surface area contributed by atoms with E-state index in [0.29, 0.717) is 0 Å². The van der Waals surface area contributed by atoms with E-state index < -0.39 is 29.4 Å². The number of carbonyl (C=O) groups excluding carboxylic acids is 2. The first-order valence-corrected chi connectivity index (χ1v) is 9.51. The molecule has 0 spiro atoms. The maximum atomic E-state index is 13.4. The molecule has 2 amide bonds. The number of pyridine rings is 1. The molecule has 0 saturated carbocycles. The van der Waals surface area contributed by atoms with Crippen LogP contribution in [0.4, 0.5) is 18.7 Å². The van der Waals surface area contributed by atoms with Gasteiger partial charge in [0.05, 0.1) is 13.7 Å². The van der Waals surface area contributed by atoms with Crippen LogP contribution in [0.25, 0.3) is 0 Å². The fourth-order valence-electron chi connectivity index (χ4n) is 1.96. The van der Waals surface area contributed by atoms with Crippen molar-refractivity contribution in [1.29, 1.82) is 0 Å². The van der Waals surface area contributed by atoms with Crippen LogP contribution in [0.3, 0.4) is 0 Å². The van der Waals surface area contributed by atoms with E-state index in [1.807, 2.05) is 0 Å². The van der Waals surface area contributed by atoms with Crippen LogP contribution < -0.4 is 5.32 Å². The maximum Gasteiger partial charge on any atom is 0.413 e. The van der Waals surface area contributed by atoms with Gasteiger partial charge in [0.25, 0.3) is 5.91 Å². The Bertz CT molecular complexity index is 936. The van der Waals surface area contributed by atoms with Crippen LogP contribution in [0.5, 0.6) is 0 Å². The highest BCUT2D eigenvalue weighted by atomic mass is 35.5. The Labute approximate surface area is 178 Å². The minimum Gasteiger partial charge on any atom is -0.444 e. The van der Waals surface area contributed by atoms with Crippen molar-refractivity contribution in [3.63, 3.8) is 0 Å². The van der Waals surface area contributed by atoms with Crippen molar-refractivity contribution >= 4 is 51.7 Å². The fraction of sp³-hybridized carbons (Fsp3) is 0.375. The summed E-state index contributed by atoms with van der Waals surface area (Å²) in [5, 5.41) is 2.67. The Morgan fingerprint density at radius 2 is 1.90 bits per heavy atom. The van der Waals surface area contributed by atoms with E-state index in [0.717, 1.165) is 22.5 Å². The summed E-state index contributed by atoms with van der Waals surface area (Å²) in [6.07, 6.45) is -0.773. The predicted molar refractivity (Wildman–Crippen MR) is 103 cm³/mol. The number of amides is 2. The van der Waals surface area contributed by atoms with Gasteiger partial charge >= 0.3 is 6.09 Å². The number of nitrogens with one attached hydrogen (secondary N) is 1. The molecule has 0 aliphatic rings. The van der Waals surface area contributed by atoms with Gasteiger partial charge in [0.2, 0.25) is 5.95 Å². The lowest BCUT2D eigenvalue weighted by Gasteiger charge is -2.19. The van der Waals surface area contributed by atoms with E-state index in [1.165, 1.54) is 7.11 Å². The lowest BCUT2D eigenvalue weighted by atomic mass is 10.2. The molecule has 0 fully saturated rings. The van der Waals surface area contributed by atoms with Crippen molar-refractivity contribution in [1.82, 2.24) is 15.0 Å². The average Bonchev–Trinajstić information content (AvgIpc) is 2.94. The van der Waals surface area contributed by atoms with Crippen molar-refractivity contribution in [3.05, 3.63) is 38.6 Å². The quantitative estimate of drug-likeness (QED) is 0.505. The minimum atomic E-state index is -1.36. The zero-order chi connectivity index (χ0) is 21.9. The molecule has 2 heterocycles. The predicted octanol–water partition coefficient (Wildman–Crippen LogP) is 4.67. The number of carbonyl (C=O) groups is 2. The number of aromatic nitrogens is 2. The second kappa shape index (κ2) is 9.16. The Hall–Kier alpha value is -2.08. The highest BCUT2D eigenvalue weighted by Crippen LogP contribution is 2.29. The van der Waals surface area contributed by atoms with E-state index >= 15 is 0 Å². The Morgan fingerprint density at radius 3 is 2.48 bits per heavy atom. The average molecular weight is 469 g/mol. The number of hydrogen-bond acceptors (Lipinski definition) is 7. The first-order valence-electron chi connectivity index (χ1n) is 7.94. The van der Waals surface area contributed by atoms with Gasteiger partial charge in [0.1, 0.15) is 15.6 Å². The molecule has 1 N–H and O–H groups in total. The van der Waals surface area contributed by atoms with Crippen LogP contribution in [0.15, 0.2) is 6.07 Å². The highest BCUT2D eigenvalue weighted by molar-refractivity contribution is 7.18. The van der Waals surface area contributed by atoms with Crippen LogP contribution >= 0.6 is 34.5 Å². The van der Waals surface area contributed by atoms with E-state index in [4.69, 9.17) is 32.8 Å². The summed E-state index contributed by atoms with van der Waals surface area (Å²) in [4.78, 5) is 36.6. The molecule has 2 aromatic heterocycles. The maximum absolute atomic E-state index is 13.4. The molecule has 13 heteroatoms. The van der Waals surface area contributed by atoms with Crippen molar-refractivity contribution in [2.24, 2.45) is 0 Å². The molecular weight excluding hydrogens is 453 g/mol. The topological polar surface area (TPSA) is 93.7 Å². The number of halogens is 4. The number of anilines is 1. The molecule has 0 radical (unpaired) electrons. The molecule has 2 rings (SSSR count). The standard InChI is InChI=1S/C16H16Cl2F2N4O4S/c1-16(2,3)28-15(26)23-14-22-11(18)9(29-14)13(25)24(27-4)6-7-5-8(19)12(20)21-10(7)17/h5H,6H2,1-4H3,(H,22,23,26). The van der Waals surface area contributed by atoms with Gasteiger partial charge in [-0.3, -0.25) is 14.9 Å². The highest BCUT2D eigenvalue weighted by Gasteiger charge is 2.26. The summed E-state index contributed by atoms with van der Waals surface area (Å²) in [6, 6.07) is 0.799. The van der Waals surface area contributed by atoms with Crippen molar-refractivity contribution < 1.29 is 27.9 Å². The number of thiazole rings is 1. The molecule has 29 heavy (non-hydrogen) atoms. The van der Waals surface area contributed by atoms with Gasteiger partial charge in [0, 0.05) is 5.56 Å². The summed E-state index contributed by atoms with van der Waals surface area (Å²) < 4.78 is 31.6. The van der Waals surface area contributed by atoms with Crippen LogP contribution in [0.1, 0.15) is 36.0 Å². The van der Waals surface area contributed by atoms with Crippen LogP contribution in [-0.4, -0.2) is 39.7 Å². The van der Waals surface area contributed by atoms with Crippen molar-refractivity contribution in [3.8, 4) is 0 Å². The molecule has 158 valence electrons. The second-order valence-electron chi connectivity index (χ2n) is 6.50. The lowest BCUT2D eigenvalue weighted by molar-refractivity contribution is -0.101. The van der Waals surface area contributed by atoms with E-state index in [9.17, 15) is 18.4 Å². The third kappa shape index (κ3) is 6.20. The van der Waals surface area contributed by atoms with Gasteiger partial charge in [-0.2, -0.15) is 4.39 Å². The smallest absolute Gasteiger partial charge is 0.413 e. The largest absolute Gasteiger partial charge is 0.444 e. The summed E-state index contributed by atoms with van der Waals surface area (Å²) in [7, 11) is 1.19. The lowest BCUT2D eigenvalue weighted by Crippen LogP contribution is -2.29. The number of hydroxylamine groups is 2. The van der Waals surface area contributed by atoms with Crippen LogP contribution in [0.2, 0.25) is 10.3 Å². The van der Waals surface area contributed by atoms with Crippen molar-refractivity contribution in [2.75, 3.05) is 12.4 Å².